The van der Waals surface area contributed by atoms with Crippen molar-refractivity contribution in [3.8, 4) is 11.1 Å². The average Bonchev–Trinajstić information content (AvgIpc) is 3.68. The summed E-state index contributed by atoms with van der Waals surface area (Å²) in [6.07, 6.45) is 5.41. The van der Waals surface area contributed by atoms with Crippen LogP contribution in [0.25, 0.3) is 44.1 Å². The molecule has 0 spiro atoms. The molecule has 0 saturated carbocycles. The van der Waals surface area contributed by atoms with Gasteiger partial charge < -0.3 is 30.6 Å². The Morgan fingerprint density at radius 3 is 2.74 bits per heavy atom. The number of fused-ring (bicyclic) bond motifs is 5. The van der Waals surface area contributed by atoms with Crippen molar-refractivity contribution in [1.29, 1.82) is 0 Å². The molecule has 11 nitrogen and oxygen atoms in total. The van der Waals surface area contributed by atoms with Crippen LogP contribution in [0.3, 0.4) is 0 Å². The van der Waals surface area contributed by atoms with Gasteiger partial charge in [-0.2, -0.15) is 0 Å². The zero-order chi connectivity index (χ0) is 30.2. The molecule has 1 aromatic carbocycles. The number of hydrogen-bond acceptors (Lipinski definition) is 8. The van der Waals surface area contributed by atoms with E-state index in [-0.39, 0.29) is 22.5 Å². The third-order valence-electron chi connectivity index (χ3n) is 8.76. The highest BCUT2D eigenvalue weighted by Crippen LogP contribution is 2.46. The number of pyridine rings is 3. The second-order valence-corrected chi connectivity index (χ2v) is 11.3. The molecule has 0 radical (unpaired) electrons. The number of aromatic carboxylic acids is 1. The van der Waals surface area contributed by atoms with Crippen molar-refractivity contribution in [1.82, 2.24) is 24.5 Å². The summed E-state index contributed by atoms with van der Waals surface area (Å²) in [5.41, 5.74) is 5.20. The molecule has 2 aliphatic heterocycles. The van der Waals surface area contributed by atoms with Gasteiger partial charge in [0, 0.05) is 75.1 Å². The van der Waals surface area contributed by atoms with Crippen LogP contribution in [0.15, 0.2) is 35.5 Å². The first-order valence-electron chi connectivity index (χ1n) is 14.2. The van der Waals surface area contributed by atoms with Gasteiger partial charge >= 0.3 is 5.97 Å². The van der Waals surface area contributed by atoms with Crippen molar-refractivity contribution in [2.75, 3.05) is 55.9 Å². The van der Waals surface area contributed by atoms with Crippen LogP contribution in [0.1, 0.15) is 23.7 Å². The number of likely N-dealkylation sites (N-methyl/N-ethyl adjacent to an activating group) is 1. The van der Waals surface area contributed by atoms with E-state index < -0.39 is 28.6 Å². The maximum atomic E-state index is 15.7. The van der Waals surface area contributed by atoms with Crippen molar-refractivity contribution < 1.29 is 18.7 Å². The predicted molar refractivity (Wildman–Crippen MR) is 162 cm³/mol. The Balaban J connectivity index is 1.56. The van der Waals surface area contributed by atoms with Crippen molar-refractivity contribution in [2.45, 2.75) is 19.4 Å². The first-order chi connectivity index (χ1) is 20.7. The first kappa shape index (κ1) is 27.1. The minimum atomic E-state index is -1.35. The van der Waals surface area contributed by atoms with Gasteiger partial charge in [0.2, 0.25) is 5.43 Å². The zero-order valence-electron chi connectivity index (χ0n) is 23.8. The van der Waals surface area contributed by atoms with E-state index in [1.54, 1.807) is 25.5 Å². The van der Waals surface area contributed by atoms with E-state index in [1.165, 1.54) is 10.9 Å². The van der Waals surface area contributed by atoms with Crippen molar-refractivity contribution in [2.24, 2.45) is 5.92 Å². The summed E-state index contributed by atoms with van der Waals surface area (Å²) in [7, 11) is 3.71. The van der Waals surface area contributed by atoms with Gasteiger partial charge in [-0.25, -0.2) is 28.2 Å². The van der Waals surface area contributed by atoms with Crippen molar-refractivity contribution in [3.05, 3.63) is 58.1 Å². The molecule has 13 heteroatoms. The lowest BCUT2D eigenvalue weighted by molar-refractivity contribution is 0.0695. The molecule has 2 unspecified atom stereocenters. The van der Waals surface area contributed by atoms with Gasteiger partial charge in [-0.1, -0.05) is 0 Å². The zero-order valence-corrected chi connectivity index (χ0v) is 23.8. The molecule has 2 aliphatic rings. The number of nitrogens with zero attached hydrogens (tertiary/aromatic N) is 5. The van der Waals surface area contributed by atoms with Gasteiger partial charge in [-0.3, -0.25) is 4.79 Å². The quantitative estimate of drug-likeness (QED) is 0.234. The van der Waals surface area contributed by atoms with E-state index in [9.17, 15) is 19.1 Å². The van der Waals surface area contributed by atoms with E-state index in [4.69, 9.17) is 0 Å². The van der Waals surface area contributed by atoms with E-state index in [0.29, 0.717) is 58.1 Å². The number of aromatic nitrogens is 4. The summed E-state index contributed by atoms with van der Waals surface area (Å²) in [6, 6.07) is 2.86. The molecular formula is C30H30F2N8O3. The fourth-order valence-corrected chi connectivity index (χ4v) is 6.90. The molecule has 0 aliphatic carbocycles. The fourth-order valence-electron chi connectivity index (χ4n) is 6.90. The summed E-state index contributed by atoms with van der Waals surface area (Å²) < 4.78 is 32.1. The van der Waals surface area contributed by atoms with Crippen LogP contribution in [-0.4, -0.2) is 81.9 Å². The Kier molecular flexibility index (Phi) is 6.24. The highest BCUT2D eigenvalue weighted by Gasteiger charge is 2.42. The Bertz CT molecular complexity index is 2020. The third kappa shape index (κ3) is 4.02. The summed E-state index contributed by atoms with van der Waals surface area (Å²) in [4.78, 5) is 42.2. The average molecular weight is 589 g/mol. The van der Waals surface area contributed by atoms with Crippen LogP contribution in [0.4, 0.5) is 20.2 Å². The molecule has 0 bridgehead atoms. The third-order valence-corrected chi connectivity index (χ3v) is 8.76. The van der Waals surface area contributed by atoms with Crippen LogP contribution in [0.2, 0.25) is 0 Å². The molecule has 5 aromatic rings. The number of carboxylic acid groups (broad SMARTS) is 1. The maximum absolute atomic E-state index is 15.7. The second-order valence-electron chi connectivity index (χ2n) is 11.3. The highest BCUT2D eigenvalue weighted by atomic mass is 19.2. The normalized spacial score (nSPS) is 18.7. The molecule has 2 fully saturated rings. The molecular weight excluding hydrogens is 558 g/mol. The van der Waals surface area contributed by atoms with Gasteiger partial charge in [-0.05, 0) is 32.4 Å². The molecule has 43 heavy (non-hydrogen) atoms. The Morgan fingerprint density at radius 1 is 1.19 bits per heavy atom. The first-order valence-corrected chi connectivity index (χ1v) is 14.2. The predicted octanol–water partition coefficient (Wildman–Crippen LogP) is 3.81. The van der Waals surface area contributed by atoms with Gasteiger partial charge in [0.25, 0.3) is 0 Å². The number of benzene rings is 1. The number of carboxylic acids is 1. The van der Waals surface area contributed by atoms with Gasteiger partial charge in [0.15, 0.2) is 17.3 Å². The molecule has 222 valence electrons. The molecule has 2 saturated heterocycles. The van der Waals surface area contributed by atoms with Gasteiger partial charge in [0.1, 0.15) is 11.2 Å². The van der Waals surface area contributed by atoms with Gasteiger partial charge in [0.05, 0.1) is 33.1 Å². The van der Waals surface area contributed by atoms with Crippen molar-refractivity contribution >= 4 is 50.3 Å². The highest BCUT2D eigenvalue weighted by molar-refractivity contribution is 6.18. The minimum Gasteiger partial charge on any atom is -0.477 e. The molecule has 2 atom stereocenters. The number of nitrogens with one attached hydrogen (secondary N) is 3. The van der Waals surface area contributed by atoms with Crippen LogP contribution in [0.5, 0.6) is 0 Å². The topological polar surface area (TPSA) is 131 Å². The molecule has 7 rings (SSSR count). The Morgan fingerprint density at radius 2 is 2.00 bits per heavy atom. The minimum absolute atomic E-state index is 0.0925. The summed E-state index contributed by atoms with van der Waals surface area (Å²) in [5.74, 6) is -2.90. The Hall–Kier alpha value is -4.78. The largest absolute Gasteiger partial charge is 0.477 e. The lowest BCUT2D eigenvalue weighted by Gasteiger charge is -2.29. The number of halogens is 2. The van der Waals surface area contributed by atoms with Crippen LogP contribution in [-0.2, 0) is 0 Å². The van der Waals surface area contributed by atoms with Gasteiger partial charge in [-0.15, -0.1) is 0 Å². The molecule has 4 N–H and O–H groups in total. The maximum Gasteiger partial charge on any atom is 0.341 e. The summed E-state index contributed by atoms with van der Waals surface area (Å²) >= 11 is 0. The lowest BCUT2D eigenvalue weighted by Crippen LogP contribution is -2.35. The van der Waals surface area contributed by atoms with E-state index in [1.807, 2.05) is 6.92 Å². The summed E-state index contributed by atoms with van der Waals surface area (Å²) in [5, 5.41) is 13.3. The number of aromatic amines is 1. The molecule has 6 heterocycles. The second kappa shape index (κ2) is 9.90. The van der Waals surface area contributed by atoms with Crippen LogP contribution >= 0.6 is 0 Å². The van der Waals surface area contributed by atoms with E-state index in [2.05, 4.69) is 42.5 Å². The van der Waals surface area contributed by atoms with Crippen LogP contribution < -0.4 is 21.1 Å². The smallest absolute Gasteiger partial charge is 0.341 e. The number of rotatable bonds is 6. The molecule has 0 amide bonds. The monoisotopic (exact) mass is 588 g/mol. The number of hydrogen-bond donors (Lipinski definition) is 4. The SMILES string of the molecule is CCNn1cc(C(=O)O)c(=O)c2cc(-c3cnc4[nH]c5c(NC)cc(F)c(F)c5c4c3N3CCC4CN(C)CC43)cnc21. The Labute approximate surface area is 244 Å². The number of carbonyl (C=O) groups is 1. The fraction of sp³-hybridized carbons (Fsp3) is 0.333. The van der Waals surface area contributed by atoms with Crippen LogP contribution in [0, 0.1) is 17.6 Å². The number of likely N-dealkylation sites (tertiary alicyclic amines) is 1. The van der Waals surface area contributed by atoms with E-state index in [0.717, 1.165) is 25.6 Å². The van der Waals surface area contributed by atoms with Crippen molar-refractivity contribution in [3.63, 3.8) is 0 Å². The number of anilines is 2. The molecule has 4 aromatic heterocycles. The number of H-pyrrole nitrogens is 1. The standard InChI is InChI=1S/C30H30F2N8O3/c1-4-36-40-12-18(30(42)43)27(41)16-7-15(9-35-29(16)40)17-10-34-28-23(22-24(32)19(31)8-20(33-2)25(22)37-28)26(17)39-6-5-14-11-38(3)13-21(14)39/h7-10,12,14,21,33,36H,4-6,11,13H2,1-3H3,(H,34,37)(H,42,43). The van der Waals surface area contributed by atoms with E-state index >= 15 is 4.39 Å². The lowest BCUT2D eigenvalue weighted by atomic mass is 9.99. The summed E-state index contributed by atoms with van der Waals surface area (Å²) in [6.45, 7) is 4.76.